The van der Waals surface area contributed by atoms with Crippen molar-refractivity contribution in [2.75, 3.05) is 44.0 Å². The number of anilines is 2. The van der Waals surface area contributed by atoms with E-state index in [-0.39, 0.29) is 5.54 Å². The molecule has 1 saturated heterocycles. The Morgan fingerprint density at radius 1 is 1.33 bits per heavy atom. The van der Waals surface area contributed by atoms with Gasteiger partial charge in [0.2, 0.25) is 5.95 Å². The fourth-order valence-electron chi connectivity index (χ4n) is 2.21. The summed E-state index contributed by atoms with van der Waals surface area (Å²) in [6.07, 6.45) is 4.12. The quantitative estimate of drug-likeness (QED) is 0.869. The molecule has 0 saturated carbocycles. The first-order chi connectivity index (χ1) is 8.54. The molecule has 1 aliphatic heterocycles. The van der Waals surface area contributed by atoms with Crippen molar-refractivity contribution in [1.82, 2.24) is 15.3 Å². The van der Waals surface area contributed by atoms with E-state index in [1.165, 1.54) is 0 Å². The molecule has 1 aromatic rings. The lowest BCUT2D eigenvalue weighted by molar-refractivity contribution is 0.304. The molecule has 5 nitrogen and oxygen atoms in total. The molecule has 2 heterocycles. The van der Waals surface area contributed by atoms with E-state index in [4.69, 9.17) is 0 Å². The van der Waals surface area contributed by atoms with Crippen molar-refractivity contribution in [2.24, 2.45) is 0 Å². The average molecular weight is 249 g/mol. The predicted octanol–water partition coefficient (Wildman–Crippen LogP) is 1.12. The molecular formula is C13H23N5. The Morgan fingerprint density at radius 3 is 2.56 bits per heavy atom. The third kappa shape index (κ3) is 2.72. The summed E-state index contributed by atoms with van der Waals surface area (Å²) in [5.74, 6) is 1.81. The van der Waals surface area contributed by atoms with Crippen LogP contribution in [0.3, 0.4) is 0 Å². The van der Waals surface area contributed by atoms with Gasteiger partial charge in [-0.3, -0.25) is 0 Å². The molecule has 1 N–H and O–H groups in total. The molecule has 100 valence electrons. The van der Waals surface area contributed by atoms with Crippen molar-refractivity contribution >= 4 is 11.8 Å². The Morgan fingerprint density at radius 2 is 2.00 bits per heavy atom. The van der Waals surface area contributed by atoms with Crippen LogP contribution in [0.1, 0.15) is 19.8 Å². The summed E-state index contributed by atoms with van der Waals surface area (Å²) >= 11 is 0. The molecule has 0 bridgehead atoms. The van der Waals surface area contributed by atoms with Crippen LogP contribution >= 0.6 is 0 Å². The van der Waals surface area contributed by atoms with Crippen molar-refractivity contribution < 1.29 is 0 Å². The van der Waals surface area contributed by atoms with Gasteiger partial charge in [-0.2, -0.15) is 4.98 Å². The molecule has 0 unspecified atom stereocenters. The Labute approximate surface area is 109 Å². The Hall–Kier alpha value is -1.36. The van der Waals surface area contributed by atoms with Gasteiger partial charge in [0.1, 0.15) is 5.82 Å². The summed E-state index contributed by atoms with van der Waals surface area (Å²) in [7, 11) is 5.98. The third-order valence-electron chi connectivity index (χ3n) is 3.82. The number of rotatable bonds is 3. The van der Waals surface area contributed by atoms with Crippen LogP contribution in [0, 0.1) is 0 Å². The van der Waals surface area contributed by atoms with Crippen LogP contribution in [0.4, 0.5) is 11.8 Å². The molecule has 0 atom stereocenters. The lowest BCUT2D eigenvalue weighted by atomic mass is 9.90. The minimum absolute atomic E-state index is 0.272. The van der Waals surface area contributed by atoms with E-state index >= 15 is 0 Å². The first kappa shape index (κ1) is 13.1. The van der Waals surface area contributed by atoms with Crippen molar-refractivity contribution in [1.29, 1.82) is 0 Å². The average Bonchev–Trinajstić information content (AvgIpc) is 2.40. The lowest BCUT2D eigenvalue weighted by Gasteiger charge is -2.39. The summed E-state index contributed by atoms with van der Waals surface area (Å²) < 4.78 is 0. The van der Waals surface area contributed by atoms with Crippen LogP contribution in [0.25, 0.3) is 0 Å². The predicted molar refractivity (Wildman–Crippen MR) is 75.3 cm³/mol. The zero-order valence-corrected chi connectivity index (χ0v) is 11.8. The van der Waals surface area contributed by atoms with Crippen molar-refractivity contribution in [3.05, 3.63) is 12.3 Å². The van der Waals surface area contributed by atoms with E-state index in [0.717, 1.165) is 37.7 Å². The zero-order valence-electron chi connectivity index (χ0n) is 11.8. The van der Waals surface area contributed by atoms with Crippen LogP contribution in [0.5, 0.6) is 0 Å². The lowest BCUT2D eigenvalue weighted by Crippen LogP contribution is -2.50. The molecule has 5 heteroatoms. The first-order valence-electron chi connectivity index (χ1n) is 6.48. The third-order valence-corrected chi connectivity index (χ3v) is 3.82. The van der Waals surface area contributed by atoms with Gasteiger partial charge in [0.15, 0.2) is 0 Å². The smallest absolute Gasteiger partial charge is 0.226 e. The van der Waals surface area contributed by atoms with E-state index < -0.39 is 0 Å². The highest BCUT2D eigenvalue weighted by atomic mass is 15.3. The molecule has 0 spiro atoms. The number of piperidine rings is 1. The van der Waals surface area contributed by atoms with Crippen LogP contribution < -0.4 is 15.1 Å². The van der Waals surface area contributed by atoms with Gasteiger partial charge in [-0.25, -0.2) is 4.98 Å². The van der Waals surface area contributed by atoms with E-state index in [2.05, 4.69) is 27.1 Å². The largest absolute Gasteiger partial charge is 0.356 e. The molecular weight excluding hydrogens is 226 g/mol. The molecule has 0 aromatic carbocycles. The second-order valence-electron chi connectivity index (χ2n) is 5.41. The van der Waals surface area contributed by atoms with Crippen LogP contribution in [0.15, 0.2) is 12.3 Å². The first-order valence-corrected chi connectivity index (χ1v) is 6.48. The normalized spacial score (nSPS) is 18.8. The Kier molecular flexibility index (Phi) is 3.71. The van der Waals surface area contributed by atoms with Crippen molar-refractivity contribution in [3.63, 3.8) is 0 Å². The van der Waals surface area contributed by atoms with Gasteiger partial charge in [-0.1, -0.05) is 0 Å². The minimum Gasteiger partial charge on any atom is -0.356 e. The van der Waals surface area contributed by atoms with Gasteiger partial charge in [-0.05, 0) is 32.9 Å². The van der Waals surface area contributed by atoms with Crippen LogP contribution in [-0.2, 0) is 0 Å². The summed E-state index contributed by atoms with van der Waals surface area (Å²) in [5, 5.41) is 3.41. The fourth-order valence-corrected chi connectivity index (χ4v) is 2.21. The SMILES string of the molecule is CNC1(C)CCN(c2ccnc(N(C)C)n2)CC1. The molecule has 1 aromatic heterocycles. The van der Waals surface area contributed by atoms with Gasteiger partial charge in [0.25, 0.3) is 0 Å². The Bertz CT molecular complexity index is 396. The van der Waals surface area contributed by atoms with E-state index in [1.807, 2.05) is 38.3 Å². The topological polar surface area (TPSA) is 44.3 Å². The van der Waals surface area contributed by atoms with Gasteiger partial charge < -0.3 is 15.1 Å². The number of nitrogens with one attached hydrogen (secondary N) is 1. The summed E-state index contributed by atoms with van der Waals surface area (Å²) in [5.41, 5.74) is 0.272. The molecule has 0 amide bonds. The summed E-state index contributed by atoms with van der Waals surface area (Å²) in [4.78, 5) is 13.1. The standard InChI is InChI=1S/C13H23N5/c1-13(14-2)6-9-18(10-7-13)11-5-8-15-12(16-11)17(3)4/h5,8,14H,6-7,9-10H2,1-4H3. The maximum absolute atomic E-state index is 4.59. The second kappa shape index (κ2) is 5.10. The maximum atomic E-state index is 4.59. The fraction of sp³-hybridized carbons (Fsp3) is 0.692. The number of nitrogens with zero attached hydrogens (tertiary/aromatic N) is 4. The number of hydrogen-bond acceptors (Lipinski definition) is 5. The highest BCUT2D eigenvalue weighted by Crippen LogP contribution is 2.24. The van der Waals surface area contributed by atoms with Gasteiger partial charge in [0.05, 0.1) is 0 Å². The molecule has 0 aliphatic carbocycles. The maximum Gasteiger partial charge on any atom is 0.226 e. The van der Waals surface area contributed by atoms with Crippen LogP contribution in [-0.4, -0.2) is 49.7 Å². The van der Waals surface area contributed by atoms with E-state index in [0.29, 0.717) is 0 Å². The van der Waals surface area contributed by atoms with E-state index in [1.54, 1.807) is 0 Å². The number of hydrogen-bond donors (Lipinski definition) is 1. The molecule has 18 heavy (non-hydrogen) atoms. The molecule has 1 fully saturated rings. The van der Waals surface area contributed by atoms with E-state index in [9.17, 15) is 0 Å². The van der Waals surface area contributed by atoms with Gasteiger partial charge >= 0.3 is 0 Å². The van der Waals surface area contributed by atoms with Crippen LogP contribution in [0.2, 0.25) is 0 Å². The van der Waals surface area contributed by atoms with Gasteiger partial charge in [0, 0.05) is 38.9 Å². The zero-order chi connectivity index (χ0) is 13.2. The molecule has 0 radical (unpaired) electrons. The summed E-state index contributed by atoms with van der Waals surface area (Å²) in [6.45, 7) is 4.37. The van der Waals surface area contributed by atoms with Crippen molar-refractivity contribution in [2.45, 2.75) is 25.3 Å². The van der Waals surface area contributed by atoms with Gasteiger partial charge in [-0.15, -0.1) is 0 Å². The highest BCUT2D eigenvalue weighted by Gasteiger charge is 2.28. The minimum atomic E-state index is 0.272. The second-order valence-corrected chi connectivity index (χ2v) is 5.41. The monoisotopic (exact) mass is 249 g/mol. The molecule has 1 aliphatic rings. The summed E-state index contributed by atoms with van der Waals surface area (Å²) in [6, 6.07) is 2.00. The number of aromatic nitrogens is 2. The van der Waals surface area contributed by atoms with Crippen molar-refractivity contribution in [3.8, 4) is 0 Å². The highest BCUT2D eigenvalue weighted by molar-refractivity contribution is 5.43. The molecule has 2 rings (SSSR count). The Balaban J connectivity index is 2.07.